The third-order valence-corrected chi connectivity index (χ3v) is 5.18. The number of nitrogens with two attached hydrogens (primary N) is 1. The molecular weight excluding hydrogens is 274 g/mol. The minimum atomic E-state index is -0.350. The Morgan fingerprint density at radius 1 is 1.32 bits per heavy atom. The SMILES string of the molecule is CC1(C)CCC(Nc2ccc3c(c2)N(C(N)=O)CCC3)CC1. The Bertz CT molecular complexity index is 557. The fourth-order valence-corrected chi connectivity index (χ4v) is 3.67. The summed E-state index contributed by atoms with van der Waals surface area (Å²) in [5, 5.41) is 3.65. The van der Waals surface area contributed by atoms with E-state index in [0.717, 1.165) is 30.8 Å². The van der Waals surface area contributed by atoms with E-state index in [2.05, 4.69) is 37.4 Å². The van der Waals surface area contributed by atoms with E-state index >= 15 is 0 Å². The Morgan fingerprint density at radius 3 is 2.73 bits per heavy atom. The summed E-state index contributed by atoms with van der Waals surface area (Å²) in [5.41, 5.74) is 9.31. The zero-order valence-corrected chi connectivity index (χ0v) is 13.7. The van der Waals surface area contributed by atoms with Crippen LogP contribution in [0.1, 0.15) is 51.5 Å². The molecule has 0 radical (unpaired) electrons. The number of nitrogens with one attached hydrogen (secondary N) is 1. The molecule has 1 aliphatic heterocycles. The lowest BCUT2D eigenvalue weighted by molar-refractivity contribution is 0.232. The van der Waals surface area contributed by atoms with Crippen LogP contribution in [0.4, 0.5) is 16.2 Å². The molecule has 0 atom stereocenters. The van der Waals surface area contributed by atoms with Gasteiger partial charge in [0.15, 0.2) is 0 Å². The summed E-state index contributed by atoms with van der Waals surface area (Å²) in [4.78, 5) is 13.3. The molecule has 1 fully saturated rings. The molecule has 2 aliphatic rings. The predicted molar refractivity (Wildman–Crippen MR) is 91.4 cm³/mol. The van der Waals surface area contributed by atoms with Gasteiger partial charge in [-0.05, 0) is 61.6 Å². The second-order valence-electron chi connectivity index (χ2n) is 7.52. The van der Waals surface area contributed by atoms with Crippen LogP contribution in [0.2, 0.25) is 0 Å². The fourth-order valence-electron chi connectivity index (χ4n) is 3.67. The maximum absolute atomic E-state index is 11.6. The molecule has 1 saturated carbocycles. The number of hydrogen-bond acceptors (Lipinski definition) is 2. The minimum absolute atomic E-state index is 0.350. The van der Waals surface area contributed by atoms with E-state index in [1.54, 1.807) is 4.90 Å². The highest BCUT2D eigenvalue weighted by molar-refractivity contribution is 5.92. The van der Waals surface area contributed by atoms with Crippen LogP contribution in [0.5, 0.6) is 0 Å². The summed E-state index contributed by atoms with van der Waals surface area (Å²) >= 11 is 0. The van der Waals surface area contributed by atoms with Crippen LogP contribution in [-0.4, -0.2) is 18.6 Å². The number of urea groups is 1. The predicted octanol–water partition coefficient (Wildman–Crippen LogP) is 3.90. The summed E-state index contributed by atoms with van der Waals surface area (Å²) in [6, 6.07) is 6.57. The molecule has 1 aliphatic carbocycles. The maximum Gasteiger partial charge on any atom is 0.319 e. The van der Waals surface area contributed by atoms with E-state index in [4.69, 9.17) is 5.73 Å². The van der Waals surface area contributed by atoms with Gasteiger partial charge in [-0.25, -0.2) is 4.79 Å². The Kier molecular flexibility index (Phi) is 4.02. The van der Waals surface area contributed by atoms with Crippen LogP contribution < -0.4 is 16.0 Å². The van der Waals surface area contributed by atoms with Gasteiger partial charge in [0.1, 0.15) is 0 Å². The van der Waals surface area contributed by atoms with Gasteiger partial charge in [0.2, 0.25) is 0 Å². The summed E-state index contributed by atoms with van der Waals surface area (Å²) < 4.78 is 0. The number of hydrogen-bond donors (Lipinski definition) is 2. The van der Waals surface area contributed by atoms with Crippen molar-refractivity contribution >= 4 is 17.4 Å². The van der Waals surface area contributed by atoms with Gasteiger partial charge in [-0.3, -0.25) is 4.90 Å². The second kappa shape index (κ2) is 5.82. The van der Waals surface area contributed by atoms with Crippen LogP contribution in [0.15, 0.2) is 18.2 Å². The molecule has 120 valence electrons. The van der Waals surface area contributed by atoms with Crippen molar-refractivity contribution in [2.45, 2.75) is 58.4 Å². The van der Waals surface area contributed by atoms with E-state index in [9.17, 15) is 4.79 Å². The highest BCUT2D eigenvalue weighted by Gasteiger charge is 2.27. The monoisotopic (exact) mass is 301 g/mol. The number of nitrogens with zero attached hydrogens (tertiary/aromatic N) is 1. The van der Waals surface area contributed by atoms with Gasteiger partial charge in [-0.1, -0.05) is 19.9 Å². The highest BCUT2D eigenvalue weighted by atomic mass is 16.2. The van der Waals surface area contributed by atoms with Crippen LogP contribution in [0.3, 0.4) is 0 Å². The first-order valence-electron chi connectivity index (χ1n) is 8.41. The molecule has 0 spiro atoms. The van der Waals surface area contributed by atoms with Crippen LogP contribution in [0, 0.1) is 5.41 Å². The van der Waals surface area contributed by atoms with E-state index < -0.39 is 0 Å². The quantitative estimate of drug-likeness (QED) is 0.870. The van der Waals surface area contributed by atoms with Gasteiger partial charge in [0.25, 0.3) is 0 Å². The second-order valence-corrected chi connectivity index (χ2v) is 7.52. The normalized spacial score (nSPS) is 21.3. The molecule has 22 heavy (non-hydrogen) atoms. The number of fused-ring (bicyclic) bond motifs is 1. The van der Waals surface area contributed by atoms with Crippen LogP contribution >= 0.6 is 0 Å². The fraction of sp³-hybridized carbons (Fsp3) is 0.611. The smallest absolute Gasteiger partial charge is 0.319 e. The van der Waals surface area contributed by atoms with Gasteiger partial charge in [0, 0.05) is 18.3 Å². The highest BCUT2D eigenvalue weighted by Crippen LogP contribution is 2.37. The molecule has 2 amide bonds. The van der Waals surface area contributed by atoms with Gasteiger partial charge in [0.05, 0.1) is 5.69 Å². The number of anilines is 2. The van der Waals surface area contributed by atoms with Gasteiger partial charge >= 0.3 is 6.03 Å². The Labute approximate surface area is 133 Å². The molecule has 1 aromatic carbocycles. The standard InChI is InChI=1S/C18H27N3O/c1-18(2)9-7-14(8-10-18)20-15-6-5-13-4-3-11-21(17(19)22)16(13)12-15/h5-6,12,14,20H,3-4,7-11H2,1-2H3,(H2,19,22). The lowest BCUT2D eigenvalue weighted by Crippen LogP contribution is -2.39. The number of aryl methyl sites for hydroxylation is 1. The summed E-state index contributed by atoms with van der Waals surface area (Å²) in [5.74, 6) is 0. The first-order valence-corrected chi connectivity index (χ1v) is 8.41. The molecule has 0 aromatic heterocycles. The zero-order chi connectivity index (χ0) is 15.7. The number of carbonyl (C=O) groups excluding carboxylic acids is 1. The van der Waals surface area contributed by atoms with Gasteiger partial charge in [-0.15, -0.1) is 0 Å². The van der Waals surface area contributed by atoms with Gasteiger partial charge < -0.3 is 11.1 Å². The zero-order valence-electron chi connectivity index (χ0n) is 13.7. The molecule has 4 heteroatoms. The Morgan fingerprint density at radius 2 is 2.05 bits per heavy atom. The molecule has 3 N–H and O–H groups in total. The van der Waals surface area contributed by atoms with Crippen LogP contribution in [-0.2, 0) is 6.42 Å². The summed E-state index contributed by atoms with van der Waals surface area (Å²) in [7, 11) is 0. The molecule has 4 nitrogen and oxygen atoms in total. The molecular formula is C18H27N3O. The molecule has 3 rings (SSSR count). The van der Waals surface area contributed by atoms with Crippen molar-refractivity contribution in [3.8, 4) is 0 Å². The minimum Gasteiger partial charge on any atom is -0.382 e. The Hall–Kier alpha value is -1.71. The van der Waals surface area contributed by atoms with E-state index in [1.807, 2.05) is 0 Å². The van der Waals surface area contributed by atoms with Crippen molar-refractivity contribution in [1.82, 2.24) is 0 Å². The molecule has 0 unspecified atom stereocenters. The summed E-state index contributed by atoms with van der Waals surface area (Å²) in [6.45, 7) is 5.43. The third-order valence-electron chi connectivity index (χ3n) is 5.18. The Balaban J connectivity index is 1.73. The molecule has 1 aromatic rings. The average Bonchev–Trinajstić information content (AvgIpc) is 2.48. The number of amides is 2. The van der Waals surface area contributed by atoms with Crippen molar-refractivity contribution in [3.63, 3.8) is 0 Å². The third kappa shape index (κ3) is 3.21. The average molecular weight is 301 g/mol. The number of primary amides is 1. The number of rotatable bonds is 2. The van der Waals surface area contributed by atoms with Crippen LogP contribution in [0.25, 0.3) is 0 Å². The van der Waals surface area contributed by atoms with Crippen molar-refractivity contribution < 1.29 is 4.79 Å². The van der Waals surface area contributed by atoms with E-state index in [-0.39, 0.29) is 6.03 Å². The number of carbonyl (C=O) groups is 1. The number of benzene rings is 1. The van der Waals surface area contributed by atoms with Crippen molar-refractivity contribution in [2.75, 3.05) is 16.8 Å². The largest absolute Gasteiger partial charge is 0.382 e. The molecule has 0 saturated heterocycles. The first kappa shape index (κ1) is 15.2. The van der Waals surface area contributed by atoms with Crippen molar-refractivity contribution in [1.29, 1.82) is 0 Å². The topological polar surface area (TPSA) is 58.4 Å². The van der Waals surface area contributed by atoms with E-state index in [1.165, 1.54) is 31.2 Å². The molecule has 1 heterocycles. The van der Waals surface area contributed by atoms with Crippen molar-refractivity contribution in [3.05, 3.63) is 23.8 Å². The lowest BCUT2D eigenvalue weighted by Gasteiger charge is -2.35. The molecule has 0 bridgehead atoms. The first-order chi connectivity index (χ1) is 10.4. The van der Waals surface area contributed by atoms with E-state index in [0.29, 0.717) is 11.5 Å². The summed E-state index contributed by atoms with van der Waals surface area (Å²) in [6.07, 6.45) is 6.97. The lowest BCUT2D eigenvalue weighted by atomic mass is 9.75. The van der Waals surface area contributed by atoms with Crippen molar-refractivity contribution in [2.24, 2.45) is 11.1 Å². The van der Waals surface area contributed by atoms with Gasteiger partial charge in [-0.2, -0.15) is 0 Å². The maximum atomic E-state index is 11.6.